The molecule has 0 aliphatic rings. The molecule has 208 valence electrons. The molecular formula is C31H29ClF2N2O4. The number of nitrogens with one attached hydrogen (secondary N) is 1. The van der Waals surface area contributed by atoms with Gasteiger partial charge >= 0.3 is 12.6 Å². The lowest BCUT2D eigenvalue weighted by Gasteiger charge is -2.30. The van der Waals surface area contributed by atoms with E-state index >= 15 is 0 Å². The second-order valence-corrected chi connectivity index (χ2v) is 9.82. The first-order valence-electron chi connectivity index (χ1n) is 13.0. The second-order valence-electron chi connectivity index (χ2n) is 9.39. The van der Waals surface area contributed by atoms with Crippen molar-refractivity contribution >= 4 is 34.4 Å². The minimum atomic E-state index is -2.97. The van der Waals surface area contributed by atoms with Crippen LogP contribution in [-0.4, -0.2) is 35.1 Å². The molecular weight excluding hydrogens is 538 g/mol. The van der Waals surface area contributed by atoms with Crippen LogP contribution in [0.3, 0.4) is 0 Å². The summed E-state index contributed by atoms with van der Waals surface area (Å²) < 4.78 is 30.1. The van der Waals surface area contributed by atoms with Crippen LogP contribution >= 0.6 is 11.6 Å². The van der Waals surface area contributed by atoms with Crippen molar-refractivity contribution in [2.24, 2.45) is 0 Å². The number of aliphatic carboxylic acids is 1. The summed E-state index contributed by atoms with van der Waals surface area (Å²) in [6.45, 7) is -0.813. The van der Waals surface area contributed by atoms with Crippen LogP contribution in [0.5, 0.6) is 5.88 Å². The maximum absolute atomic E-state index is 12.8. The minimum Gasteiger partial charge on any atom is -0.481 e. The molecule has 0 bridgehead atoms. The number of aromatic nitrogens is 1. The number of hydrogen-bond acceptors (Lipinski definition) is 4. The van der Waals surface area contributed by atoms with E-state index in [4.69, 9.17) is 16.7 Å². The number of fused-ring (bicyclic) bond motifs is 1. The number of nitrogens with zero attached hydrogens (tertiary/aromatic N) is 1. The number of pyridine rings is 1. The summed E-state index contributed by atoms with van der Waals surface area (Å²) >= 11 is 6.22. The van der Waals surface area contributed by atoms with E-state index < -0.39 is 12.6 Å². The molecule has 3 aromatic carbocycles. The fourth-order valence-electron chi connectivity index (χ4n) is 4.99. The summed E-state index contributed by atoms with van der Waals surface area (Å²) in [5, 5.41) is 12.9. The second kappa shape index (κ2) is 13.3. The van der Waals surface area contributed by atoms with Gasteiger partial charge in [-0.1, -0.05) is 61.3 Å². The average Bonchev–Trinajstić information content (AvgIpc) is 2.93. The summed E-state index contributed by atoms with van der Waals surface area (Å²) in [6, 6.07) is 23.8. The summed E-state index contributed by atoms with van der Waals surface area (Å²) in [6.07, 6.45) is 1.57. The number of ether oxygens (including phenoxy) is 1. The Balaban J connectivity index is 1.76. The van der Waals surface area contributed by atoms with Gasteiger partial charge in [-0.3, -0.25) is 9.59 Å². The number of rotatable bonds is 12. The zero-order valence-corrected chi connectivity index (χ0v) is 22.6. The molecule has 0 saturated carbocycles. The molecule has 0 saturated heterocycles. The highest BCUT2D eigenvalue weighted by atomic mass is 35.5. The highest BCUT2D eigenvalue weighted by Crippen LogP contribution is 2.44. The van der Waals surface area contributed by atoms with Gasteiger partial charge in [0.05, 0.1) is 11.9 Å². The Hall–Kier alpha value is -4.04. The third-order valence-corrected chi connectivity index (χ3v) is 6.99. The Bertz CT molecular complexity index is 1460. The molecule has 0 fully saturated rings. The minimum absolute atomic E-state index is 0.00196. The Labute approximate surface area is 236 Å². The van der Waals surface area contributed by atoms with Crippen LogP contribution in [-0.2, 0) is 4.79 Å². The number of halogens is 3. The van der Waals surface area contributed by atoms with Crippen LogP contribution in [0.4, 0.5) is 8.78 Å². The van der Waals surface area contributed by atoms with Crippen molar-refractivity contribution in [1.82, 2.24) is 10.3 Å². The van der Waals surface area contributed by atoms with Gasteiger partial charge in [0.2, 0.25) is 5.88 Å². The summed E-state index contributed by atoms with van der Waals surface area (Å²) in [4.78, 5) is 27.6. The number of carboxylic acid groups (broad SMARTS) is 1. The zero-order chi connectivity index (χ0) is 28.6. The van der Waals surface area contributed by atoms with Crippen LogP contribution in [0.15, 0.2) is 78.9 Å². The molecule has 2 atom stereocenters. The molecule has 1 aromatic heterocycles. The van der Waals surface area contributed by atoms with Gasteiger partial charge in [0.1, 0.15) is 0 Å². The van der Waals surface area contributed by atoms with Gasteiger partial charge in [-0.05, 0) is 65.4 Å². The van der Waals surface area contributed by atoms with Crippen molar-refractivity contribution < 1.29 is 28.2 Å². The molecule has 40 heavy (non-hydrogen) atoms. The number of carboxylic acids is 1. The molecule has 0 radical (unpaired) electrons. The Kier molecular flexibility index (Phi) is 9.66. The van der Waals surface area contributed by atoms with E-state index in [-0.39, 0.29) is 36.6 Å². The fraction of sp³-hybridized carbons (Fsp3) is 0.258. The van der Waals surface area contributed by atoms with Crippen molar-refractivity contribution in [3.8, 4) is 5.88 Å². The number of carbonyl (C=O) groups excluding carboxylic acids is 1. The van der Waals surface area contributed by atoms with Crippen LogP contribution in [0.25, 0.3) is 10.9 Å². The maximum Gasteiger partial charge on any atom is 0.388 e. The first-order valence-corrected chi connectivity index (χ1v) is 13.3. The van der Waals surface area contributed by atoms with Crippen LogP contribution in [0.2, 0.25) is 5.02 Å². The molecule has 0 aliphatic heterocycles. The first kappa shape index (κ1) is 29.0. The van der Waals surface area contributed by atoms with E-state index in [9.17, 15) is 18.4 Å². The van der Waals surface area contributed by atoms with E-state index in [2.05, 4.69) is 22.0 Å². The van der Waals surface area contributed by atoms with Gasteiger partial charge in [-0.25, -0.2) is 4.98 Å². The van der Waals surface area contributed by atoms with Gasteiger partial charge < -0.3 is 15.2 Å². The zero-order valence-electron chi connectivity index (χ0n) is 21.8. The largest absolute Gasteiger partial charge is 0.481 e. The number of alkyl halides is 2. The average molecular weight is 567 g/mol. The van der Waals surface area contributed by atoms with E-state index in [0.717, 1.165) is 34.9 Å². The van der Waals surface area contributed by atoms with Gasteiger partial charge in [0, 0.05) is 34.5 Å². The molecule has 1 heterocycles. The predicted molar refractivity (Wildman–Crippen MR) is 150 cm³/mol. The molecule has 0 spiro atoms. The highest BCUT2D eigenvalue weighted by molar-refractivity contribution is 6.30. The quantitative estimate of drug-likeness (QED) is 0.186. The third-order valence-electron chi connectivity index (χ3n) is 6.74. The number of carbonyl (C=O) groups is 2. The van der Waals surface area contributed by atoms with Gasteiger partial charge in [0.25, 0.3) is 5.91 Å². The van der Waals surface area contributed by atoms with Gasteiger partial charge in [0.15, 0.2) is 0 Å². The lowest BCUT2D eigenvalue weighted by atomic mass is 9.74. The molecule has 6 nitrogen and oxygen atoms in total. The summed E-state index contributed by atoms with van der Waals surface area (Å²) in [7, 11) is 0. The van der Waals surface area contributed by atoms with Crippen LogP contribution < -0.4 is 10.1 Å². The van der Waals surface area contributed by atoms with Crippen molar-refractivity contribution in [2.45, 2.75) is 44.6 Å². The number of hydrogen-bond donors (Lipinski definition) is 2. The number of amides is 1. The molecule has 1 unspecified atom stereocenters. The van der Waals surface area contributed by atoms with Crippen molar-refractivity contribution in [1.29, 1.82) is 0 Å². The smallest absolute Gasteiger partial charge is 0.388 e. The lowest BCUT2D eigenvalue weighted by Crippen LogP contribution is -2.26. The van der Waals surface area contributed by atoms with Crippen molar-refractivity contribution in [2.75, 3.05) is 6.54 Å². The molecule has 2 N–H and O–H groups in total. The highest BCUT2D eigenvalue weighted by Gasteiger charge is 2.28. The molecule has 0 aliphatic carbocycles. The Morgan fingerprint density at radius 2 is 1.68 bits per heavy atom. The maximum atomic E-state index is 12.8. The number of benzene rings is 3. The first-order chi connectivity index (χ1) is 19.3. The SMILES string of the molecule is CCC[C@H](c1ccc(C(=O)NCCC(=O)O)cc1)C(c1ccc(Cl)cc1)c1cccc2nc(OC(F)F)ccc12. The standard InChI is InChI=1S/C31H29ClF2N2O4/c1-2-4-23(19-7-9-21(10-8-19)30(39)35-18-17-28(37)38)29(20-11-13-22(32)14-12-20)25-5-3-6-26-24(25)15-16-27(36-26)40-31(33)34/h3,5-16,23,29,31H,2,4,17-18H2,1H3,(H,35,39)(H,37,38)/t23-,29?/m1/s1. The molecule has 4 rings (SSSR count). The monoisotopic (exact) mass is 566 g/mol. The van der Waals surface area contributed by atoms with E-state index in [1.807, 2.05) is 48.5 Å². The van der Waals surface area contributed by atoms with Crippen LogP contribution in [0.1, 0.15) is 65.1 Å². The molecule has 9 heteroatoms. The van der Waals surface area contributed by atoms with Crippen molar-refractivity contribution in [3.63, 3.8) is 0 Å². The van der Waals surface area contributed by atoms with Gasteiger partial charge in [-0.2, -0.15) is 8.78 Å². The third kappa shape index (κ3) is 7.12. The molecule has 4 aromatic rings. The normalized spacial score (nSPS) is 12.7. The topological polar surface area (TPSA) is 88.5 Å². The Morgan fingerprint density at radius 1 is 0.975 bits per heavy atom. The van der Waals surface area contributed by atoms with E-state index in [1.165, 1.54) is 6.07 Å². The Morgan fingerprint density at radius 3 is 2.33 bits per heavy atom. The lowest BCUT2D eigenvalue weighted by molar-refractivity contribution is -0.136. The fourth-order valence-corrected chi connectivity index (χ4v) is 5.12. The molecule has 1 amide bonds. The van der Waals surface area contributed by atoms with Crippen LogP contribution in [0, 0.1) is 0 Å². The van der Waals surface area contributed by atoms with E-state index in [0.29, 0.717) is 16.1 Å². The predicted octanol–water partition coefficient (Wildman–Crippen LogP) is 7.41. The summed E-state index contributed by atoms with van der Waals surface area (Å²) in [5.41, 5.74) is 4.00. The van der Waals surface area contributed by atoms with E-state index in [1.54, 1.807) is 24.3 Å². The summed E-state index contributed by atoms with van der Waals surface area (Å²) in [5.74, 6) is -1.61. The van der Waals surface area contributed by atoms with Gasteiger partial charge in [-0.15, -0.1) is 0 Å². The van der Waals surface area contributed by atoms with Crippen molar-refractivity contribution in [3.05, 3.63) is 106 Å².